The van der Waals surface area contributed by atoms with E-state index in [2.05, 4.69) is 20.8 Å². The third-order valence-electron chi connectivity index (χ3n) is 2.29. The third-order valence-corrected chi connectivity index (χ3v) is 3.61. The van der Waals surface area contributed by atoms with Crippen molar-refractivity contribution in [2.24, 2.45) is 5.41 Å². The first kappa shape index (κ1) is 14.4. The summed E-state index contributed by atoms with van der Waals surface area (Å²) in [7, 11) is 0. The minimum absolute atomic E-state index is 0.174. The van der Waals surface area contributed by atoms with Crippen molar-refractivity contribution in [2.45, 2.75) is 32.1 Å². The van der Waals surface area contributed by atoms with Gasteiger partial charge in [-0.25, -0.2) is 4.79 Å². The monoisotopic (exact) mass is 272 g/mol. The Hall–Kier alpha value is -0.670. The van der Waals surface area contributed by atoms with Crippen LogP contribution in [0.25, 0.3) is 0 Å². The lowest BCUT2D eigenvalue weighted by atomic mass is 9.94. The number of rotatable bonds is 4. The maximum atomic E-state index is 10.9. The molecule has 0 amide bonds. The van der Waals surface area contributed by atoms with Crippen molar-refractivity contribution >= 4 is 29.3 Å². The topological polar surface area (TPSA) is 37.3 Å². The Kier molecular flexibility index (Phi) is 4.90. The molecule has 0 fully saturated rings. The van der Waals surface area contributed by atoms with E-state index < -0.39 is 5.97 Å². The number of halogens is 1. The number of carboxylic acid groups (broad SMARTS) is 1. The minimum atomic E-state index is -0.978. The Morgan fingerprint density at radius 3 is 2.59 bits per heavy atom. The lowest BCUT2D eigenvalue weighted by Crippen LogP contribution is -2.05. The van der Waals surface area contributed by atoms with Crippen molar-refractivity contribution in [1.29, 1.82) is 0 Å². The highest BCUT2D eigenvalue weighted by Gasteiger charge is 2.12. The van der Waals surface area contributed by atoms with Crippen molar-refractivity contribution in [2.75, 3.05) is 5.75 Å². The van der Waals surface area contributed by atoms with Gasteiger partial charge in [0.25, 0.3) is 0 Å². The molecule has 0 bridgehead atoms. The normalized spacial score (nSPS) is 11.5. The maximum absolute atomic E-state index is 10.9. The van der Waals surface area contributed by atoms with Crippen molar-refractivity contribution in [3.05, 3.63) is 28.8 Å². The summed E-state index contributed by atoms with van der Waals surface area (Å²) in [6.45, 7) is 6.58. The molecule has 0 aliphatic carbocycles. The SMILES string of the molecule is CC(C)(C)CCSc1ccc(Cl)c(C(=O)O)c1. The van der Waals surface area contributed by atoms with Crippen LogP contribution in [0.5, 0.6) is 0 Å². The molecular formula is C13H17ClO2S. The number of aromatic carboxylic acids is 1. The third kappa shape index (κ3) is 5.00. The lowest BCUT2D eigenvalue weighted by Gasteiger charge is -2.17. The van der Waals surface area contributed by atoms with Gasteiger partial charge in [0, 0.05) is 4.90 Å². The first-order chi connectivity index (χ1) is 7.79. The van der Waals surface area contributed by atoms with Gasteiger partial charge in [0.15, 0.2) is 0 Å². The van der Waals surface area contributed by atoms with Gasteiger partial charge in [-0.1, -0.05) is 32.4 Å². The van der Waals surface area contributed by atoms with Crippen LogP contribution in [-0.2, 0) is 0 Å². The maximum Gasteiger partial charge on any atom is 0.337 e. The second kappa shape index (κ2) is 5.78. The molecule has 0 saturated carbocycles. The van der Waals surface area contributed by atoms with Gasteiger partial charge in [0.2, 0.25) is 0 Å². The van der Waals surface area contributed by atoms with E-state index in [-0.39, 0.29) is 10.6 Å². The molecule has 0 spiro atoms. The van der Waals surface area contributed by atoms with Crippen LogP contribution >= 0.6 is 23.4 Å². The summed E-state index contributed by atoms with van der Waals surface area (Å²) < 4.78 is 0. The van der Waals surface area contributed by atoms with E-state index in [1.54, 1.807) is 23.9 Å². The van der Waals surface area contributed by atoms with Crippen LogP contribution in [-0.4, -0.2) is 16.8 Å². The smallest absolute Gasteiger partial charge is 0.337 e. The van der Waals surface area contributed by atoms with E-state index in [1.807, 2.05) is 6.07 Å². The predicted molar refractivity (Wildman–Crippen MR) is 73.2 cm³/mol. The number of hydrogen-bond donors (Lipinski definition) is 1. The van der Waals surface area contributed by atoms with Crippen LogP contribution in [0.1, 0.15) is 37.6 Å². The zero-order valence-electron chi connectivity index (χ0n) is 10.3. The van der Waals surface area contributed by atoms with E-state index >= 15 is 0 Å². The number of carboxylic acids is 1. The number of thioether (sulfide) groups is 1. The van der Waals surface area contributed by atoms with E-state index in [1.165, 1.54) is 0 Å². The molecule has 1 N–H and O–H groups in total. The number of benzene rings is 1. The zero-order valence-corrected chi connectivity index (χ0v) is 11.9. The van der Waals surface area contributed by atoms with Gasteiger partial charge in [-0.15, -0.1) is 11.8 Å². The van der Waals surface area contributed by atoms with Crippen LogP contribution in [0.2, 0.25) is 5.02 Å². The number of hydrogen-bond acceptors (Lipinski definition) is 2. The highest BCUT2D eigenvalue weighted by molar-refractivity contribution is 7.99. The zero-order chi connectivity index (χ0) is 13.1. The Morgan fingerprint density at radius 1 is 1.41 bits per heavy atom. The summed E-state index contributed by atoms with van der Waals surface area (Å²) in [5.74, 6) is -0.00207. The van der Waals surface area contributed by atoms with Gasteiger partial charge in [-0.05, 0) is 35.8 Å². The molecule has 0 radical (unpaired) electrons. The van der Waals surface area contributed by atoms with Crippen LogP contribution < -0.4 is 0 Å². The highest BCUT2D eigenvalue weighted by atomic mass is 35.5. The Labute approximate surface area is 111 Å². The van der Waals surface area contributed by atoms with Crippen LogP contribution in [0.3, 0.4) is 0 Å². The van der Waals surface area contributed by atoms with Gasteiger partial charge in [0.1, 0.15) is 0 Å². The molecule has 2 nitrogen and oxygen atoms in total. The molecule has 0 saturated heterocycles. The van der Waals surface area contributed by atoms with Crippen molar-refractivity contribution in [1.82, 2.24) is 0 Å². The van der Waals surface area contributed by atoms with Crippen molar-refractivity contribution < 1.29 is 9.90 Å². The summed E-state index contributed by atoms with van der Waals surface area (Å²) in [6.07, 6.45) is 1.09. The molecule has 1 aromatic rings. The van der Waals surface area contributed by atoms with Crippen LogP contribution in [0.15, 0.2) is 23.1 Å². The van der Waals surface area contributed by atoms with E-state index in [0.717, 1.165) is 17.1 Å². The fraction of sp³-hybridized carbons (Fsp3) is 0.462. The minimum Gasteiger partial charge on any atom is -0.478 e. The molecule has 0 atom stereocenters. The molecule has 1 aromatic carbocycles. The van der Waals surface area contributed by atoms with E-state index in [4.69, 9.17) is 16.7 Å². The van der Waals surface area contributed by atoms with Crippen LogP contribution in [0, 0.1) is 5.41 Å². The summed E-state index contributed by atoms with van der Waals surface area (Å²) in [6, 6.07) is 5.14. The van der Waals surface area contributed by atoms with Gasteiger partial charge < -0.3 is 5.11 Å². The highest BCUT2D eigenvalue weighted by Crippen LogP contribution is 2.28. The molecule has 0 unspecified atom stereocenters. The van der Waals surface area contributed by atoms with E-state index in [0.29, 0.717) is 5.41 Å². The van der Waals surface area contributed by atoms with Gasteiger partial charge in [0.05, 0.1) is 10.6 Å². The summed E-state index contributed by atoms with van der Waals surface area (Å²) in [5.41, 5.74) is 0.474. The van der Waals surface area contributed by atoms with Gasteiger partial charge >= 0.3 is 5.97 Å². The molecule has 4 heteroatoms. The lowest BCUT2D eigenvalue weighted by molar-refractivity contribution is 0.0697. The molecule has 0 aliphatic heterocycles. The molecule has 0 aliphatic rings. The first-order valence-electron chi connectivity index (χ1n) is 5.45. The van der Waals surface area contributed by atoms with Crippen LogP contribution in [0.4, 0.5) is 0 Å². The number of carbonyl (C=O) groups is 1. The van der Waals surface area contributed by atoms with Crippen molar-refractivity contribution in [3.8, 4) is 0 Å². The Balaban J connectivity index is 2.67. The predicted octanol–water partition coefficient (Wildman–Crippen LogP) is 4.57. The molecule has 17 heavy (non-hydrogen) atoms. The molecule has 94 valence electrons. The second-order valence-corrected chi connectivity index (χ2v) is 6.68. The average Bonchev–Trinajstić information content (AvgIpc) is 2.18. The van der Waals surface area contributed by atoms with Gasteiger partial charge in [-0.2, -0.15) is 0 Å². The Morgan fingerprint density at radius 2 is 2.06 bits per heavy atom. The fourth-order valence-electron chi connectivity index (χ4n) is 1.23. The summed E-state index contributed by atoms with van der Waals surface area (Å²) >= 11 is 7.47. The standard InChI is InChI=1S/C13H17ClO2S/c1-13(2,3)6-7-17-9-4-5-11(14)10(8-9)12(15)16/h4-5,8H,6-7H2,1-3H3,(H,15,16). The second-order valence-electron chi connectivity index (χ2n) is 5.11. The molecule has 0 aromatic heterocycles. The molecule has 0 heterocycles. The largest absolute Gasteiger partial charge is 0.478 e. The van der Waals surface area contributed by atoms with Gasteiger partial charge in [-0.3, -0.25) is 0 Å². The summed E-state index contributed by atoms with van der Waals surface area (Å²) in [5, 5.41) is 9.24. The molecule has 1 rings (SSSR count). The first-order valence-corrected chi connectivity index (χ1v) is 6.81. The average molecular weight is 273 g/mol. The van der Waals surface area contributed by atoms with Crippen molar-refractivity contribution in [3.63, 3.8) is 0 Å². The van der Waals surface area contributed by atoms with E-state index in [9.17, 15) is 4.79 Å². The molecular weight excluding hydrogens is 256 g/mol. The fourth-order valence-corrected chi connectivity index (χ4v) is 2.75. The quantitative estimate of drug-likeness (QED) is 0.816. The Bertz CT molecular complexity index is 410. The summed E-state index contributed by atoms with van der Waals surface area (Å²) in [4.78, 5) is 11.9.